The summed E-state index contributed by atoms with van der Waals surface area (Å²) in [7, 11) is 1.46. The van der Waals surface area contributed by atoms with E-state index in [0.29, 0.717) is 5.75 Å². The number of amides is 2. The Hall–Kier alpha value is -2.50. The van der Waals surface area contributed by atoms with Crippen LogP contribution in [-0.2, 0) is 0 Å². The fraction of sp³-hybridized carbons (Fsp3) is 0.333. The molecule has 21 heavy (non-hydrogen) atoms. The SMILES string of the molecule is COc1ccc(NC(=O)NC2CC=CCC2)c(C(=O)O)c1. The van der Waals surface area contributed by atoms with Crippen molar-refractivity contribution in [2.24, 2.45) is 0 Å². The molecule has 1 unspecified atom stereocenters. The smallest absolute Gasteiger partial charge is 0.337 e. The Morgan fingerprint density at radius 3 is 2.76 bits per heavy atom. The van der Waals surface area contributed by atoms with Gasteiger partial charge < -0.3 is 20.5 Å². The zero-order chi connectivity index (χ0) is 15.2. The second-order valence-electron chi connectivity index (χ2n) is 4.80. The minimum atomic E-state index is -1.12. The molecule has 1 aliphatic carbocycles. The number of allylic oxidation sites excluding steroid dienone is 1. The number of urea groups is 1. The van der Waals surface area contributed by atoms with E-state index in [-0.39, 0.29) is 17.3 Å². The molecule has 1 aromatic rings. The number of carbonyl (C=O) groups excluding carboxylic acids is 1. The van der Waals surface area contributed by atoms with Crippen LogP contribution in [0.3, 0.4) is 0 Å². The largest absolute Gasteiger partial charge is 0.497 e. The molecule has 0 spiro atoms. The molecule has 6 heteroatoms. The van der Waals surface area contributed by atoms with Crippen molar-refractivity contribution in [3.8, 4) is 5.75 Å². The number of hydrogen-bond donors (Lipinski definition) is 3. The third-order valence-electron chi connectivity index (χ3n) is 3.31. The van der Waals surface area contributed by atoms with Gasteiger partial charge >= 0.3 is 12.0 Å². The molecule has 6 nitrogen and oxygen atoms in total. The molecule has 0 radical (unpaired) electrons. The fourth-order valence-corrected chi connectivity index (χ4v) is 2.20. The van der Waals surface area contributed by atoms with Crippen LogP contribution in [0.2, 0.25) is 0 Å². The van der Waals surface area contributed by atoms with E-state index in [9.17, 15) is 14.7 Å². The van der Waals surface area contributed by atoms with E-state index in [1.807, 2.05) is 6.08 Å². The maximum atomic E-state index is 11.9. The van der Waals surface area contributed by atoms with Crippen molar-refractivity contribution in [1.82, 2.24) is 5.32 Å². The number of rotatable bonds is 4. The van der Waals surface area contributed by atoms with E-state index in [1.165, 1.54) is 19.2 Å². The molecule has 0 aromatic heterocycles. The lowest BCUT2D eigenvalue weighted by Gasteiger charge is -2.20. The van der Waals surface area contributed by atoms with Crippen molar-refractivity contribution in [2.45, 2.75) is 25.3 Å². The summed E-state index contributed by atoms with van der Waals surface area (Å²) in [6, 6.07) is 4.18. The van der Waals surface area contributed by atoms with E-state index in [1.54, 1.807) is 6.07 Å². The number of benzene rings is 1. The predicted molar refractivity (Wildman–Crippen MR) is 78.9 cm³/mol. The highest BCUT2D eigenvalue weighted by Crippen LogP contribution is 2.22. The molecule has 0 fully saturated rings. The van der Waals surface area contributed by atoms with Crippen LogP contribution >= 0.6 is 0 Å². The van der Waals surface area contributed by atoms with E-state index in [4.69, 9.17) is 4.74 Å². The van der Waals surface area contributed by atoms with Gasteiger partial charge in [-0.15, -0.1) is 0 Å². The molecular formula is C15H18N2O4. The Bertz CT molecular complexity index is 569. The molecule has 2 amide bonds. The van der Waals surface area contributed by atoms with Crippen LogP contribution in [0.15, 0.2) is 30.4 Å². The first-order valence-corrected chi connectivity index (χ1v) is 6.74. The predicted octanol–water partition coefficient (Wildman–Crippen LogP) is 2.62. The van der Waals surface area contributed by atoms with Gasteiger partial charge in [0.15, 0.2) is 0 Å². The second-order valence-corrected chi connectivity index (χ2v) is 4.80. The summed E-state index contributed by atoms with van der Waals surface area (Å²) < 4.78 is 4.99. The van der Waals surface area contributed by atoms with Gasteiger partial charge in [-0.2, -0.15) is 0 Å². The normalized spacial score (nSPS) is 17.1. The lowest BCUT2D eigenvalue weighted by Crippen LogP contribution is -2.38. The number of carboxylic acids is 1. The van der Waals surface area contributed by atoms with E-state index in [0.717, 1.165) is 19.3 Å². The van der Waals surface area contributed by atoms with E-state index < -0.39 is 12.0 Å². The Balaban J connectivity index is 2.05. The summed E-state index contributed by atoms with van der Waals surface area (Å²) in [5.41, 5.74) is 0.236. The van der Waals surface area contributed by atoms with E-state index in [2.05, 4.69) is 16.7 Å². The van der Waals surface area contributed by atoms with Gasteiger partial charge in [-0.1, -0.05) is 12.2 Å². The fourth-order valence-electron chi connectivity index (χ4n) is 2.20. The van der Waals surface area contributed by atoms with Crippen molar-refractivity contribution in [3.05, 3.63) is 35.9 Å². The molecule has 1 atom stereocenters. The van der Waals surface area contributed by atoms with Gasteiger partial charge in [0.2, 0.25) is 0 Å². The lowest BCUT2D eigenvalue weighted by atomic mass is 10.0. The third kappa shape index (κ3) is 3.98. The van der Waals surface area contributed by atoms with Gasteiger partial charge in [0, 0.05) is 6.04 Å². The monoisotopic (exact) mass is 290 g/mol. The zero-order valence-electron chi connectivity index (χ0n) is 11.8. The number of aromatic carboxylic acids is 1. The Morgan fingerprint density at radius 1 is 1.33 bits per heavy atom. The van der Waals surface area contributed by atoms with Crippen LogP contribution in [0.5, 0.6) is 5.75 Å². The van der Waals surface area contributed by atoms with Gasteiger partial charge in [0.25, 0.3) is 0 Å². The number of ether oxygens (including phenoxy) is 1. The molecule has 1 aromatic carbocycles. The van der Waals surface area contributed by atoms with Crippen LogP contribution in [0.4, 0.5) is 10.5 Å². The van der Waals surface area contributed by atoms with E-state index >= 15 is 0 Å². The van der Waals surface area contributed by atoms with Gasteiger partial charge in [0.05, 0.1) is 18.4 Å². The summed E-state index contributed by atoms with van der Waals surface area (Å²) in [6.45, 7) is 0. The molecule has 3 N–H and O–H groups in total. The van der Waals surface area contributed by atoms with Crippen LogP contribution in [0.25, 0.3) is 0 Å². The van der Waals surface area contributed by atoms with Gasteiger partial charge in [-0.25, -0.2) is 9.59 Å². The van der Waals surface area contributed by atoms with Gasteiger partial charge in [-0.05, 0) is 37.5 Å². The molecule has 0 saturated heterocycles. The Morgan fingerprint density at radius 2 is 2.14 bits per heavy atom. The number of carboxylic acid groups (broad SMARTS) is 1. The van der Waals surface area contributed by atoms with Crippen LogP contribution in [0.1, 0.15) is 29.6 Å². The first-order valence-electron chi connectivity index (χ1n) is 6.74. The minimum Gasteiger partial charge on any atom is -0.497 e. The maximum Gasteiger partial charge on any atom is 0.337 e. The number of nitrogens with one attached hydrogen (secondary N) is 2. The summed E-state index contributed by atoms with van der Waals surface area (Å²) >= 11 is 0. The highest BCUT2D eigenvalue weighted by Gasteiger charge is 2.16. The standard InChI is InChI=1S/C15H18N2O4/c1-21-11-7-8-13(12(9-11)14(18)19)17-15(20)16-10-5-3-2-4-6-10/h2-3,7-10H,4-6H2,1H3,(H,18,19)(H2,16,17,20). The van der Waals surface area contributed by atoms with Crippen molar-refractivity contribution in [2.75, 3.05) is 12.4 Å². The molecule has 0 heterocycles. The average molecular weight is 290 g/mol. The van der Waals surface area contributed by atoms with Gasteiger partial charge in [-0.3, -0.25) is 0 Å². The van der Waals surface area contributed by atoms with Crippen LogP contribution in [-0.4, -0.2) is 30.3 Å². The minimum absolute atomic E-state index is 0.00644. The highest BCUT2D eigenvalue weighted by atomic mass is 16.5. The number of methoxy groups -OCH3 is 1. The van der Waals surface area contributed by atoms with Crippen molar-refractivity contribution in [3.63, 3.8) is 0 Å². The van der Waals surface area contributed by atoms with Crippen LogP contribution < -0.4 is 15.4 Å². The summed E-state index contributed by atoms with van der Waals surface area (Å²) in [6.07, 6.45) is 6.74. The van der Waals surface area contributed by atoms with Gasteiger partial charge in [0.1, 0.15) is 5.75 Å². The summed E-state index contributed by atoms with van der Waals surface area (Å²) in [4.78, 5) is 23.2. The highest BCUT2D eigenvalue weighted by molar-refractivity contribution is 6.00. The topological polar surface area (TPSA) is 87.7 Å². The number of hydrogen-bond acceptors (Lipinski definition) is 3. The number of anilines is 1. The quantitative estimate of drug-likeness (QED) is 0.744. The number of carbonyl (C=O) groups is 2. The maximum absolute atomic E-state index is 11.9. The molecule has 0 saturated carbocycles. The lowest BCUT2D eigenvalue weighted by molar-refractivity contribution is 0.0697. The zero-order valence-corrected chi connectivity index (χ0v) is 11.8. The van der Waals surface area contributed by atoms with Crippen molar-refractivity contribution in [1.29, 1.82) is 0 Å². The Labute approximate surface area is 122 Å². The average Bonchev–Trinajstić information content (AvgIpc) is 2.48. The first-order chi connectivity index (χ1) is 10.1. The third-order valence-corrected chi connectivity index (χ3v) is 3.31. The molecule has 0 aliphatic heterocycles. The second kappa shape index (κ2) is 6.78. The first kappa shape index (κ1) is 14.9. The molecule has 112 valence electrons. The Kier molecular flexibility index (Phi) is 4.81. The molecule has 1 aliphatic rings. The van der Waals surface area contributed by atoms with Crippen LogP contribution in [0, 0.1) is 0 Å². The molecule has 0 bridgehead atoms. The summed E-state index contributed by atoms with van der Waals surface area (Å²) in [5, 5.41) is 14.6. The molecule has 2 rings (SSSR count). The van der Waals surface area contributed by atoms with Crippen molar-refractivity contribution >= 4 is 17.7 Å². The van der Waals surface area contributed by atoms with Crippen molar-refractivity contribution < 1.29 is 19.4 Å². The molecular weight excluding hydrogens is 272 g/mol. The summed E-state index contributed by atoms with van der Waals surface area (Å²) in [5.74, 6) is -0.694.